The summed E-state index contributed by atoms with van der Waals surface area (Å²) in [6.07, 6.45) is 2.81. The molecule has 0 aliphatic heterocycles. The van der Waals surface area contributed by atoms with Gasteiger partial charge < -0.3 is 14.8 Å². The molecule has 0 saturated heterocycles. The fourth-order valence-corrected chi connectivity index (χ4v) is 1.06. The number of esters is 2. The zero-order chi connectivity index (χ0) is 14.1. The van der Waals surface area contributed by atoms with Crippen LogP contribution in [0.5, 0.6) is 0 Å². The predicted molar refractivity (Wildman–Crippen MR) is 64.6 cm³/mol. The second-order valence-electron chi connectivity index (χ2n) is 3.90. The molecule has 0 unspecified atom stereocenters. The summed E-state index contributed by atoms with van der Waals surface area (Å²) in [4.78, 5) is 33.8. The van der Waals surface area contributed by atoms with E-state index in [0.717, 1.165) is 0 Å². The minimum absolute atomic E-state index is 0.167. The molecule has 1 amide bonds. The molecule has 0 aromatic rings. The number of rotatable bonds is 6. The van der Waals surface area contributed by atoms with Crippen molar-refractivity contribution in [2.75, 3.05) is 14.2 Å². The number of methoxy groups -OCH3 is 2. The molecule has 6 heteroatoms. The minimum Gasteiger partial charge on any atom is -0.467 e. The number of amides is 1. The van der Waals surface area contributed by atoms with Crippen LogP contribution in [0.25, 0.3) is 0 Å². The van der Waals surface area contributed by atoms with E-state index in [1.807, 2.05) is 0 Å². The van der Waals surface area contributed by atoms with Crippen LogP contribution in [0.4, 0.5) is 0 Å². The van der Waals surface area contributed by atoms with E-state index in [1.54, 1.807) is 13.8 Å². The van der Waals surface area contributed by atoms with Crippen molar-refractivity contribution in [3.8, 4) is 0 Å². The van der Waals surface area contributed by atoms with Gasteiger partial charge in [0.25, 0.3) is 0 Å². The van der Waals surface area contributed by atoms with Gasteiger partial charge in [-0.25, -0.2) is 9.59 Å². The summed E-state index contributed by atoms with van der Waals surface area (Å²) in [5.41, 5.74) is 0. The Morgan fingerprint density at radius 1 is 1.17 bits per heavy atom. The molecule has 0 spiro atoms. The smallest absolute Gasteiger partial charge is 0.330 e. The van der Waals surface area contributed by atoms with Crippen molar-refractivity contribution in [1.82, 2.24) is 5.32 Å². The Labute approximate surface area is 106 Å². The van der Waals surface area contributed by atoms with Gasteiger partial charge in [-0.3, -0.25) is 4.79 Å². The van der Waals surface area contributed by atoms with E-state index in [2.05, 4.69) is 14.8 Å². The first-order chi connectivity index (χ1) is 8.42. The van der Waals surface area contributed by atoms with Crippen LogP contribution in [0.3, 0.4) is 0 Å². The third kappa shape index (κ3) is 6.03. The number of carbonyl (C=O) groups is 3. The number of ether oxygens (including phenoxy) is 2. The fourth-order valence-electron chi connectivity index (χ4n) is 1.06. The molecule has 0 aliphatic rings. The Morgan fingerprint density at radius 2 is 1.78 bits per heavy atom. The molecule has 0 saturated carbocycles. The zero-order valence-electron chi connectivity index (χ0n) is 11.1. The van der Waals surface area contributed by atoms with Gasteiger partial charge >= 0.3 is 11.9 Å². The lowest BCUT2D eigenvalue weighted by atomic mass is 10.1. The second kappa shape index (κ2) is 8.27. The van der Waals surface area contributed by atoms with Gasteiger partial charge in [-0.1, -0.05) is 19.9 Å². The lowest BCUT2D eigenvalue weighted by molar-refractivity contribution is -0.145. The third-order valence-electron chi connectivity index (χ3n) is 2.15. The SMILES string of the molecule is COC(=O)/C=C/C[C@H](NC(=O)C(C)C)C(=O)OC. The summed E-state index contributed by atoms with van der Waals surface area (Å²) in [5, 5.41) is 2.54. The highest BCUT2D eigenvalue weighted by Gasteiger charge is 2.21. The minimum atomic E-state index is -0.800. The maximum absolute atomic E-state index is 11.5. The van der Waals surface area contributed by atoms with Crippen LogP contribution in [-0.2, 0) is 23.9 Å². The Morgan fingerprint density at radius 3 is 2.22 bits per heavy atom. The van der Waals surface area contributed by atoms with E-state index in [0.29, 0.717) is 0 Å². The molecular formula is C12H19NO5. The van der Waals surface area contributed by atoms with Crippen molar-refractivity contribution in [2.24, 2.45) is 5.92 Å². The first-order valence-electron chi connectivity index (χ1n) is 5.55. The van der Waals surface area contributed by atoms with E-state index in [9.17, 15) is 14.4 Å². The van der Waals surface area contributed by atoms with E-state index in [-0.39, 0.29) is 18.2 Å². The first kappa shape index (κ1) is 16.1. The average Bonchev–Trinajstić information content (AvgIpc) is 2.35. The van der Waals surface area contributed by atoms with Crippen LogP contribution in [0.1, 0.15) is 20.3 Å². The van der Waals surface area contributed by atoms with Gasteiger partial charge in [0.2, 0.25) is 5.91 Å². The van der Waals surface area contributed by atoms with Crippen molar-refractivity contribution in [3.05, 3.63) is 12.2 Å². The number of nitrogens with one attached hydrogen (secondary N) is 1. The van der Waals surface area contributed by atoms with Gasteiger partial charge in [-0.05, 0) is 6.42 Å². The molecule has 6 nitrogen and oxygen atoms in total. The van der Waals surface area contributed by atoms with Crippen LogP contribution in [0.2, 0.25) is 0 Å². The summed E-state index contributed by atoms with van der Waals surface area (Å²) in [5.74, 6) is -1.56. The Balaban J connectivity index is 4.51. The van der Waals surface area contributed by atoms with Crippen LogP contribution in [-0.4, -0.2) is 38.1 Å². The normalized spacial score (nSPS) is 12.3. The van der Waals surface area contributed by atoms with Crippen LogP contribution in [0.15, 0.2) is 12.2 Å². The molecule has 0 bridgehead atoms. The van der Waals surface area contributed by atoms with Gasteiger partial charge in [0.15, 0.2) is 0 Å². The molecule has 102 valence electrons. The predicted octanol–water partition coefficient (Wildman–Crippen LogP) is 0.419. The largest absolute Gasteiger partial charge is 0.467 e. The maximum Gasteiger partial charge on any atom is 0.330 e. The van der Waals surface area contributed by atoms with Crippen molar-refractivity contribution in [2.45, 2.75) is 26.3 Å². The highest BCUT2D eigenvalue weighted by molar-refractivity contribution is 5.86. The summed E-state index contributed by atoms with van der Waals surface area (Å²) >= 11 is 0. The summed E-state index contributed by atoms with van der Waals surface area (Å²) < 4.78 is 8.98. The van der Waals surface area contributed by atoms with Crippen LogP contribution < -0.4 is 5.32 Å². The molecule has 1 atom stereocenters. The van der Waals surface area contributed by atoms with E-state index < -0.39 is 18.0 Å². The summed E-state index contributed by atoms with van der Waals surface area (Å²) in [6.45, 7) is 3.43. The van der Waals surface area contributed by atoms with E-state index in [4.69, 9.17) is 0 Å². The Hall–Kier alpha value is -1.85. The molecular weight excluding hydrogens is 238 g/mol. The second-order valence-corrected chi connectivity index (χ2v) is 3.90. The van der Waals surface area contributed by atoms with Crippen molar-refractivity contribution < 1.29 is 23.9 Å². The zero-order valence-corrected chi connectivity index (χ0v) is 11.1. The molecule has 18 heavy (non-hydrogen) atoms. The monoisotopic (exact) mass is 257 g/mol. The van der Waals surface area contributed by atoms with Gasteiger partial charge in [-0.15, -0.1) is 0 Å². The number of carbonyl (C=O) groups excluding carboxylic acids is 3. The highest BCUT2D eigenvalue weighted by atomic mass is 16.5. The standard InChI is InChI=1S/C12H19NO5/c1-8(2)11(15)13-9(12(16)18-4)6-5-7-10(14)17-3/h5,7-9H,6H2,1-4H3,(H,13,15)/b7-5+/t9-/m0/s1. The molecule has 0 rings (SSSR count). The van der Waals surface area contributed by atoms with Gasteiger partial charge in [0, 0.05) is 12.0 Å². The maximum atomic E-state index is 11.5. The first-order valence-corrected chi connectivity index (χ1v) is 5.55. The summed E-state index contributed by atoms with van der Waals surface area (Å²) in [7, 11) is 2.49. The van der Waals surface area contributed by atoms with Gasteiger partial charge in [-0.2, -0.15) is 0 Å². The number of hydrogen-bond donors (Lipinski definition) is 1. The average molecular weight is 257 g/mol. The van der Waals surface area contributed by atoms with Crippen molar-refractivity contribution >= 4 is 17.8 Å². The summed E-state index contributed by atoms with van der Waals surface area (Å²) in [6, 6.07) is -0.800. The van der Waals surface area contributed by atoms with Crippen molar-refractivity contribution in [3.63, 3.8) is 0 Å². The topological polar surface area (TPSA) is 81.7 Å². The Bertz CT molecular complexity index is 335. The van der Waals surface area contributed by atoms with Gasteiger partial charge in [0.1, 0.15) is 6.04 Å². The van der Waals surface area contributed by atoms with E-state index >= 15 is 0 Å². The molecule has 0 fully saturated rings. The molecule has 0 aromatic heterocycles. The molecule has 1 N–H and O–H groups in total. The molecule has 0 heterocycles. The molecule has 0 radical (unpaired) electrons. The molecule has 0 aliphatic carbocycles. The fraction of sp³-hybridized carbons (Fsp3) is 0.583. The van der Waals surface area contributed by atoms with Gasteiger partial charge in [0.05, 0.1) is 14.2 Å². The van der Waals surface area contributed by atoms with Crippen LogP contribution in [0, 0.1) is 5.92 Å². The Kier molecular flexibility index (Phi) is 7.42. The lowest BCUT2D eigenvalue weighted by Crippen LogP contribution is -2.43. The lowest BCUT2D eigenvalue weighted by Gasteiger charge is -2.16. The van der Waals surface area contributed by atoms with Crippen molar-refractivity contribution in [1.29, 1.82) is 0 Å². The quantitative estimate of drug-likeness (QED) is 0.551. The third-order valence-corrected chi connectivity index (χ3v) is 2.15. The highest BCUT2D eigenvalue weighted by Crippen LogP contribution is 2.00. The van der Waals surface area contributed by atoms with Crippen LogP contribution >= 0.6 is 0 Å². The number of hydrogen-bond acceptors (Lipinski definition) is 5. The van der Waals surface area contributed by atoms with E-state index in [1.165, 1.54) is 26.4 Å². The molecule has 0 aromatic carbocycles.